The Morgan fingerprint density at radius 3 is 2.40 bits per heavy atom. The van der Waals surface area contributed by atoms with E-state index in [0.29, 0.717) is 12.1 Å². The summed E-state index contributed by atoms with van der Waals surface area (Å²) in [6, 6.07) is 12.9. The van der Waals surface area contributed by atoms with E-state index in [9.17, 15) is 9.59 Å². The van der Waals surface area contributed by atoms with Gasteiger partial charge in [0.05, 0.1) is 5.52 Å². The maximum atomic E-state index is 13.5. The van der Waals surface area contributed by atoms with E-state index in [1.807, 2.05) is 61.2 Å². The first kappa shape index (κ1) is 19.9. The lowest BCUT2D eigenvalue weighted by Gasteiger charge is -2.22. The predicted molar refractivity (Wildman–Crippen MR) is 120 cm³/mol. The molecule has 0 bridgehead atoms. The van der Waals surface area contributed by atoms with Crippen molar-refractivity contribution in [3.8, 4) is 0 Å². The lowest BCUT2D eigenvalue weighted by molar-refractivity contribution is -0.119. The number of para-hydroxylation sites is 1. The van der Waals surface area contributed by atoms with E-state index >= 15 is 0 Å². The van der Waals surface area contributed by atoms with Crippen LogP contribution in [0.5, 0.6) is 0 Å². The Morgan fingerprint density at radius 2 is 1.73 bits per heavy atom. The van der Waals surface area contributed by atoms with E-state index in [-0.39, 0.29) is 11.5 Å². The first-order valence-corrected chi connectivity index (χ1v) is 10.2. The number of rotatable bonds is 4. The van der Waals surface area contributed by atoms with Crippen LogP contribution < -0.4 is 10.9 Å². The zero-order chi connectivity index (χ0) is 21.6. The molecule has 0 unspecified atom stereocenters. The number of nitrogens with one attached hydrogen (secondary N) is 1. The van der Waals surface area contributed by atoms with Gasteiger partial charge in [-0.3, -0.25) is 14.3 Å². The van der Waals surface area contributed by atoms with Crippen LogP contribution in [0.1, 0.15) is 41.8 Å². The number of anilines is 1. The monoisotopic (exact) mass is 402 g/mol. The summed E-state index contributed by atoms with van der Waals surface area (Å²) in [6.07, 6.45) is 0.592. The van der Waals surface area contributed by atoms with Gasteiger partial charge in [0.25, 0.3) is 5.56 Å². The van der Waals surface area contributed by atoms with Gasteiger partial charge in [-0.2, -0.15) is 4.98 Å². The summed E-state index contributed by atoms with van der Waals surface area (Å²) in [7, 11) is 0. The van der Waals surface area contributed by atoms with Crippen molar-refractivity contribution in [1.29, 1.82) is 0 Å². The summed E-state index contributed by atoms with van der Waals surface area (Å²) in [4.78, 5) is 29.8. The molecular weight excluding hydrogens is 376 g/mol. The maximum absolute atomic E-state index is 13.5. The Morgan fingerprint density at radius 1 is 1.07 bits per heavy atom. The number of fused-ring (bicyclic) bond motifs is 3. The van der Waals surface area contributed by atoms with Gasteiger partial charge in [-0.1, -0.05) is 36.8 Å². The van der Waals surface area contributed by atoms with Crippen LogP contribution in [0.4, 0.5) is 5.69 Å². The summed E-state index contributed by atoms with van der Waals surface area (Å²) >= 11 is 0. The number of carbonyl (C=O) groups is 1. The molecule has 0 fully saturated rings. The van der Waals surface area contributed by atoms with Gasteiger partial charge in [-0.05, 0) is 57.4 Å². The zero-order valence-corrected chi connectivity index (χ0v) is 18.0. The number of benzene rings is 2. The normalized spacial score (nSPS) is 12.4. The van der Waals surface area contributed by atoms with Crippen LogP contribution in [-0.4, -0.2) is 20.1 Å². The fraction of sp³-hybridized carbons (Fsp3) is 0.292. The fourth-order valence-corrected chi connectivity index (χ4v) is 4.37. The second kappa shape index (κ2) is 7.44. The molecular formula is C24H26N4O2. The van der Waals surface area contributed by atoms with Crippen LogP contribution in [0, 0.1) is 27.7 Å². The number of amides is 1. The van der Waals surface area contributed by atoms with Crippen molar-refractivity contribution in [2.45, 2.75) is 47.1 Å². The standard InChI is InChI=1S/C24H26N4O2/c1-6-19(24(30)26-22-15(3)11-14(2)12-16(22)4)28-20-10-8-7-9-18(20)23-25-21(29)13-17(5)27(23)28/h7-13,19H,6H2,1-5H3,(H,26,30)/t19-/m1/s1. The summed E-state index contributed by atoms with van der Waals surface area (Å²) in [5, 5.41) is 4.00. The Hall–Kier alpha value is -3.41. The largest absolute Gasteiger partial charge is 0.324 e. The molecule has 6 heteroatoms. The Kier molecular flexibility index (Phi) is 4.94. The number of carbonyl (C=O) groups excluding carboxylic acids is 1. The molecule has 0 radical (unpaired) electrons. The summed E-state index contributed by atoms with van der Waals surface area (Å²) in [5.74, 6) is -0.0895. The summed E-state index contributed by atoms with van der Waals surface area (Å²) < 4.78 is 3.84. The van der Waals surface area contributed by atoms with Gasteiger partial charge in [0.1, 0.15) is 6.04 Å². The molecule has 6 nitrogen and oxygen atoms in total. The number of nitrogens with zero attached hydrogens (tertiary/aromatic N) is 3. The maximum Gasteiger partial charge on any atom is 0.273 e. The van der Waals surface area contributed by atoms with Crippen LogP contribution in [0.15, 0.2) is 47.3 Å². The molecule has 0 aliphatic rings. The zero-order valence-electron chi connectivity index (χ0n) is 18.0. The molecule has 0 aliphatic carbocycles. The number of hydrogen-bond acceptors (Lipinski definition) is 3. The Balaban J connectivity index is 1.89. The smallest absolute Gasteiger partial charge is 0.273 e. The molecule has 30 heavy (non-hydrogen) atoms. The lowest BCUT2D eigenvalue weighted by atomic mass is 10.0. The van der Waals surface area contributed by atoms with Gasteiger partial charge in [0, 0.05) is 22.8 Å². The molecule has 4 rings (SSSR count). The van der Waals surface area contributed by atoms with E-state index in [0.717, 1.165) is 33.4 Å². The van der Waals surface area contributed by atoms with Crippen molar-refractivity contribution >= 4 is 28.1 Å². The van der Waals surface area contributed by atoms with E-state index in [2.05, 4.69) is 29.4 Å². The average molecular weight is 402 g/mol. The van der Waals surface area contributed by atoms with Crippen LogP contribution in [0.3, 0.4) is 0 Å². The van der Waals surface area contributed by atoms with Crippen LogP contribution in [-0.2, 0) is 4.79 Å². The lowest BCUT2D eigenvalue weighted by Crippen LogP contribution is -2.29. The summed E-state index contributed by atoms with van der Waals surface area (Å²) in [6.45, 7) is 9.93. The highest BCUT2D eigenvalue weighted by Crippen LogP contribution is 2.28. The van der Waals surface area contributed by atoms with Crippen LogP contribution in [0.25, 0.3) is 16.6 Å². The number of aryl methyl sites for hydroxylation is 4. The van der Waals surface area contributed by atoms with Crippen molar-refractivity contribution in [3.63, 3.8) is 0 Å². The van der Waals surface area contributed by atoms with Crippen LogP contribution >= 0.6 is 0 Å². The second-order valence-corrected chi connectivity index (χ2v) is 7.92. The second-order valence-electron chi connectivity index (χ2n) is 7.92. The number of aromatic nitrogens is 3. The molecule has 0 saturated heterocycles. The fourth-order valence-electron chi connectivity index (χ4n) is 4.37. The van der Waals surface area contributed by atoms with Crippen molar-refractivity contribution < 1.29 is 4.79 Å². The van der Waals surface area contributed by atoms with Gasteiger partial charge < -0.3 is 5.32 Å². The van der Waals surface area contributed by atoms with E-state index in [1.54, 1.807) is 0 Å². The first-order valence-electron chi connectivity index (χ1n) is 10.2. The summed E-state index contributed by atoms with van der Waals surface area (Å²) in [5.41, 5.74) is 6.02. The highest BCUT2D eigenvalue weighted by molar-refractivity contribution is 5.98. The molecule has 1 N–H and O–H groups in total. The molecule has 2 aromatic heterocycles. The minimum Gasteiger partial charge on any atom is -0.324 e. The van der Waals surface area contributed by atoms with E-state index in [1.165, 1.54) is 11.6 Å². The third-order valence-corrected chi connectivity index (χ3v) is 5.60. The topological polar surface area (TPSA) is 68.4 Å². The van der Waals surface area contributed by atoms with Crippen molar-refractivity contribution in [2.75, 3.05) is 5.32 Å². The Labute approximate surface area is 175 Å². The molecule has 1 atom stereocenters. The molecule has 0 spiro atoms. The molecule has 2 aromatic carbocycles. The van der Waals surface area contributed by atoms with Gasteiger partial charge in [-0.25, -0.2) is 4.52 Å². The third-order valence-electron chi connectivity index (χ3n) is 5.60. The third kappa shape index (κ3) is 3.18. The van der Waals surface area contributed by atoms with Gasteiger partial charge in [0.2, 0.25) is 5.91 Å². The van der Waals surface area contributed by atoms with E-state index in [4.69, 9.17) is 0 Å². The van der Waals surface area contributed by atoms with Gasteiger partial charge in [0.15, 0.2) is 5.65 Å². The van der Waals surface area contributed by atoms with Crippen molar-refractivity contribution in [1.82, 2.24) is 14.2 Å². The minimum atomic E-state index is -0.462. The first-order chi connectivity index (χ1) is 14.3. The minimum absolute atomic E-state index is 0.0895. The van der Waals surface area contributed by atoms with Crippen molar-refractivity contribution in [2.24, 2.45) is 0 Å². The quantitative estimate of drug-likeness (QED) is 0.547. The number of hydrogen-bond donors (Lipinski definition) is 1. The molecule has 1 amide bonds. The SMILES string of the molecule is CC[C@H](C(=O)Nc1c(C)cc(C)cc1C)n1c2ccccc2c2nc(=O)cc(C)n21. The highest BCUT2D eigenvalue weighted by Gasteiger charge is 2.25. The van der Waals surface area contributed by atoms with Crippen molar-refractivity contribution in [3.05, 3.63) is 75.2 Å². The molecule has 4 aromatic rings. The van der Waals surface area contributed by atoms with Gasteiger partial charge >= 0.3 is 0 Å². The predicted octanol–water partition coefficient (Wildman–Crippen LogP) is 4.47. The van der Waals surface area contributed by atoms with E-state index < -0.39 is 6.04 Å². The average Bonchev–Trinajstić information content (AvgIpc) is 3.00. The Bertz CT molecular complexity index is 1320. The van der Waals surface area contributed by atoms with Gasteiger partial charge in [-0.15, -0.1) is 0 Å². The molecule has 0 saturated carbocycles. The molecule has 154 valence electrons. The molecule has 0 aliphatic heterocycles. The van der Waals surface area contributed by atoms with Crippen LogP contribution in [0.2, 0.25) is 0 Å². The highest BCUT2D eigenvalue weighted by atomic mass is 16.2. The molecule has 2 heterocycles.